The molecule has 0 aliphatic carbocycles. The lowest BCUT2D eigenvalue weighted by Gasteiger charge is -2.06. The zero-order chi connectivity index (χ0) is 13.5. The van der Waals surface area contributed by atoms with Gasteiger partial charge in [0, 0.05) is 19.5 Å². The first-order valence-corrected chi connectivity index (χ1v) is 7.96. The SMILES string of the molecule is CNCCOCCOCCC(=O)NCCCCI. The number of likely N-dealkylation sites (N-methyl/N-ethyl adjacent to an activating group) is 1. The van der Waals surface area contributed by atoms with Crippen LogP contribution in [-0.2, 0) is 14.3 Å². The number of carbonyl (C=O) groups excluding carboxylic acids is 1. The predicted molar refractivity (Wildman–Crippen MR) is 81.3 cm³/mol. The average molecular weight is 372 g/mol. The number of carbonyl (C=O) groups is 1. The van der Waals surface area contributed by atoms with Gasteiger partial charge in [-0.1, -0.05) is 22.6 Å². The van der Waals surface area contributed by atoms with Crippen LogP contribution in [0.3, 0.4) is 0 Å². The number of halogens is 1. The van der Waals surface area contributed by atoms with E-state index in [-0.39, 0.29) is 5.91 Å². The highest BCUT2D eigenvalue weighted by Crippen LogP contribution is 1.92. The molecule has 6 heteroatoms. The van der Waals surface area contributed by atoms with Crippen LogP contribution < -0.4 is 10.6 Å². The minimum atomic E-state index is 0.0690. The van der Waals surface area contributed by atoms with Crippen molar-refractivity contribution in [3.05, 3.63) is 0 Å². The van der Waals surface area contributed by atoms with Gasteiger partial charge in [0.15, 0.2) is 0 Å². The zero-order valence-corrected chi connectivity index (χ0v) is 13.3. The molecule has 0 saturated carbocycles. The average Bonchev–Trinajstić information content (AvgIpc) is 2.38. The van der Waals surface area contributed by atoms with Crippen LogP contribution in [-0.4, -0.2) is 56.9 Å². The molecule has 0 unspecified atom stereocenters. The molecule has 0 aliphatic rings. The number of hydrogen-bond donors (Lipinski definition) is 2. The zero-order valence-electron chi connectivity index (χ0n) is 11.2. The minimum absolute atomic E-state index is 0.0690. The van der Waals surface area contributed by atoms with Crippen molar-refractivity contribution in [3.63, 3.8) is 0 Å². The first kappa shape index (κ1) is 18.1. The quantitative estimate of drug-likeness (QED) is 0.287. The van der Waals surface area contributed by atoms with Crippen LogP contribution in [0.5, 0.6) is 0 Å². The number of amides is 1. The number of alkyl halides is 1. The molecule has 0 heterocycles. The van der Waals surface area contributed by atoms with Gasteiger partial charge < -0.3 is 20.1 Å². The van der Waals surface area contributed by atoms with E-state index in [1.165, 1.54) is 0 Å². The predicted octanol–water partition coefficient (Wildman–Crippen LogP) is 0.960. The Morgan fingerprint density at radius 3 is 2.44 bits per heavy atom. The van der Waals surface area contributed by atoms with Crippen molar-refractivity contribution in [2.75, 3.05) is 51.0 Å². The van der Waals surface area contributed by atoms with Gasteiger partial charge in [0.25, 0.3) is 0 Å². The Morgan fingerprint density at radius 2 is 1.78 bits per heavy atom. The van der Waals surface area contributed by atoms with Crippen LogP contribution in [0.15, 0.2) is 0 Å². The molecule has 0 aliphatic heterocycles. The summed E-state index contributed by atoms with van der Waals surface area (Å²) in [7, 11) is 1.89. The second-order valence-electron chi connectivity index (χ2n) is 3.82. The van der Waals surface area contributed by atoms with Crippen LogP contribution in [0.25, 0.3) is 0 Å². The largest absolute Gasteiger partial charge is 0.379 e. The number of nitrogens with one attached hydrogen (secondary N) is 2. The van der Waals surface area contributed by atoms with Gasteiger partial charge >= 0.3 is 0 Å². The highest BCUT2D eigenvalue weighted by atomic mass is 127. The van der Waals surface area contributed by atoms with Crippen molar-refractivity contribution >= 4 is 28.5 Å². The Bertz CT molecular complexity index is 194. The van der Waals surface area contributed by atoms with Gasteiger partial charge in [0.2, 0.25) is 5.91 Å². The van der Waals surface area contributed by atoms with Gasteiger partial charge in [-0.3, -0.25) is 4.79 Å². The number of unbranched alkanes of at least 4 members (excludes halogenated alkanes) is 1. The fourth-order valence-electron chi connectivity index (χ4n) is 1.20. The summed E-state index contributed by atoms with van der Waals surface area (Å²) >= 11 is 2.34. The van der Waals surface area contributed by atoms with Gasteiger partial charge in [-0.05, 0) is 24.3 Å². The van der Waals surface area contributed by atoms with E-state index in [0.29, 0.717) is 32.8 Å². The van der Waals surface area contributed by atoms with Crippen LogP contribution in [0.1, 0.15) is 19.3 Å². The summed E-state index contributed by atoms with van der Waals surface area (Å²) in [6, 6.07) is 0. The molecule has 18 heavy (non-hydrogen) atoms. The maximum absolute atomic E-state index is 11.3. The lowest BCUT2D eigenvalue weighted by atomic mass is 10.3. The number of ether oxygens (including phenoxy) is 2. The van der Waals surface area contributed by atoms with Crippen LogP contribution in [0.4, 0.5) is 0 Å². The van der Waals surface area contributed by atoms with Gasteiger partial charge in [0.1, 0.15) is 0 Å². The number of hydrogen-bond acceptors (Lipinski definition) is 4. The molecular formula is C12H25IN2O3. The Morgan fingerprint density at radius 1 is 1.06 bits per heavy atom. The van der Waals surface area contributed by atoms with Crippen LogP contribution >= 0.6 is 22.6 Å². The lowest BCUT2D eigenvalue weighted by molar-refractivity contribution is -0.122. The number of rotatable bonds is 13. The minimum Gasteiger partial charge on any atom is -0.379 e. The summed E-state index contributed by atoms with van der Waals surface area (Å²) in [4.78, 5) is 11.3. The van der Waals surface area contributed by atoms with E-state index in [1.807, 2.05) is 7.05 Å². The molecule has 2 N–H and O–H groups in total. The third kappa shape index (κ3) is 14.1. The first-order valence-electron chi connectivity index (χ1n) is 6.44. The van der Waals surface area contributed by atoms with E-state index in [2.05, 4.69) is 33.2 Å². The fraction of sp³-hybridized carbons (Fsp3) is 0.917. The second kappa shape index (κ2) is 15.1. The lowest BCUT2D eigenvalue weighted by Crippen LogP contribution is -2.25. The Labute approximate surface area is 124 Å². The summed E-state index contributed by atoms with van der Waals surface area (Å²) in [5, 5.41) is 5.87. The Kier molecular flexibility index (Phi) is 15.2. The molecule has 0 rings (SSSR count). The molecule has 0 aromatic rings. The van der Waals surface area contributed by atoms with Crippen molar-refractivity contribution in [1.82, 2.24) is 10.6 Å². The molecule has 0 aromatic heterocycles. The maximum Gasteiger partial charge on any atom is 0.222 e. The first-order chi connectivity index (χ1) is 8.81. The van der Waals surface area contributed by atoms with E-state index in [1.54, 1.807) is 0 Å². The van der Waals surface area contributed by atoms with Gasteiger partial charge in [-0.15, -0.1) is 0 Å². The summed E-state index contributed by atoms with van der Waals surface area (Å²) < 4.78 is 11.7. The maximum atomic E-state index is 11.3. The molecule has 0 fully saturated rings. The molecule has 0 spiro atoms. The molecule has 1 amide bonds. The van der Waals surface area contributed by atoms with E-state index >= 15 is 0 Å². The van der Waals surface area contributed by atoms with E-state index in [9.17, 15) is 4.79 Å². The van der Waals surface area contributed by atoms with E-state index < -0.39 is 0 Å². The smallest absolute Gasteiger partial charge is 0.222 e. The highest BCUT2D eigenvalue weighted by Gasteiger charge is 2.00. The Balaban J connectivity index is 3.10. The van der Waals surface area contributed by atoms with Gasteiger partial charge in [0.05, 0.1) is 26.4 Å². The highest BCUT2D eigenvalue weighted by molar-refractivity contribution is 14.1. The summed E-state index contributed by atoms with van der Waals surface area (Å²) in [6.07, 6.45) is 2.64. The molecule has 108 valence electrons. The summed E-state index contributed by atoms with van der Waals surface area (Å²) in [6.45, 7) is 3.91. The molecular weight excluding hydrogens is 347 g/mol. The van der Waals surface area contributed by atoms with Gasteiger partial charge in [-0.25, -0.2) is 0 Å². The molecule has 0 aromatic carbocycles. The monoisotopic (exact) mass is 372 g/mol. The van der Waals surface area contributed by atoms with Gasteiger partial charge in [-0.2, -0.15) is 0 Å². The summed E-state index contributed by atoms with van der Waals surface area (Å²) in [5.74, 6) is 0.0690. The molecule has 0 bridgehead atoms. The van der Waals surface area contributed by atoms with Crippen molar-refractivity contribution in [2.45, 2.75) is 19.3 Å². The van der Waals surface area contributed by atoms with Crippen molar-refractivity contribution in [3.8, 4) is 0 Å². The summed E-state index contributed by atoms with van der Waals surface area (Å²) in [5.41, 5.74) is 0. The van der Waals surface area contributed by atoms with E-state index in [0.717, 1.165) is 30.4 Å². The Hall–Kier alpha value is 0.0800. The third-order valence-electron chi connectivity index (χ3n) is 2.22. The van der Waals surface area contributed by atoms with Crippen LogP contribution in [0.2, 0.25) is 0 Å². The molecule has 5 nitrogen and oxygen atoms in total. The second-order valence-corrected chi connectivity index (χ2v) is 4.90. The molecule has 0 radical (unpaired) electrons. The molecule has 0 saturated heterocycles. The van der Waals surface area contributed by atoms with Crippen molar-refractivity contribution in [2.24, 2.45) is 0 Å². The molecule has 0 atom stereocenters. The topological polar surface area (TPSA) is 59.6 Å². The normalized spacial score (nSPS) is 10.6. The van der Waals surface area contributed by atoms with Crippen molar-refractivity contribution in [1.29, 1.82) is 0 Å². The standard InChI is InChI=1S/C12H25IN2O3/c1-14-7-9-18-11-10-17-8-4-12(16)15-6-3-2-5-13/h14H,2-11H2,1H3,(H,15,16). The van der Waals surface area contributed by atoms with E-state index in [4.69, 9.17) is 9.47 Å². The van der Waals surface area contributed by atoms with Crippen LogP contribution in [0, 0.1) is 0 Å². The fourth-order valence-corrected chi connectivity index (χ4v) is 1.74. The third-order valence-corrected chi connectivity index (χ3v) is 2.99. The van der Waals surface area contributed by atoms with Crippen molar-refractivity contribution < 1.29 is 14.3 Å².